The Hall–Kier alpha value is -0.650. The summed E-state index contributed by atoms with van der Waals surface area (Å²) in [6.45, 7) is 3.97. The molecule has 0 fully saturated rings. The van der Waals surface area contributed by atoms with Gasteiger partial charge in [-0.05, 0) is 13.0 Å². The summed E-state index contributed by atoms with van der Waals surface area (Å²) in [6, 6.07) is 0. The van der Waals surface area contributed by atoms with E-state index in [0.29, 0.717) is 19.6 Å². The van der Waals surface area contributed by atoms with E-state index in [-0.39, 0.29) is 5.91 Å². The molecule has 1 amide bonds. The maximum absolute atomic E-state index is 10.6. The smallest absolute Gasteiger partial charge is 0.217 e. The summed E-state index contributed by atoms with van der Waals surface area (Å²) >= 11 is 0. The molecule has 0 heterocycles. The standard InChI is InChI=1S/C10H22N2O3/c1-14-8-6-12(7-9-15-2)5-3-4-10(11)13/h3-9H2,1-2H3,(H2,11,13). The first-order valence-corrected chi connectivity index (χ1v) is 5.19. The molecule has 0 saturated heterocycles. The van der Waals surface area contributed by atoms with Gasteiger partial charge in [-0.3, -0.25) is 9.69 Å². The third-order valence-electron chi connectivity index (χ3n) is 2.12. The lowest BCUT2D eigenvalue weighted by atomic mass is 10.3. The number of hydrogen-bond acceptors (Lipinski definition) is 4. The topological polar surface area (TPSA) is 64.8 Å². The Bertz CT molecular complexity index is 157. The lowest BCUT2D eigenvalue weighted by molar-refractivity contribution is -0.118. The number of nitrogens with zero attached hydrogens (tertiary/aromatic N) is 1. The highest BCUT2D eigenvalue weighted by Crippen LogP contribution is 1.95. The molecule has 0 bridgehead atoms. The summed E-state index contributed by atoms with van der Waals surface area (Å²) in [5.41, 5.74) is 5.07. The predicted octanol–water partition coefficient (Wildman–Crippen LogP) is -0.153. The Balaban J connectivity index is 3.63. The first kappa shape index (κ1) is 14.3. The molecule has 90 valence electrons. The Kier molecular flexibility index (Phi) is 9.46. The van der Waals surface area contributed by atoms with Gasteiger partial charge >= 0.3 is 0 Å². The minimum Gasteiger partial charge on any atom is -0.383 e. The second-order valence-electron chi connectivity index (χ2n) is 3.40. The van der Waals surface area contributed by atoms with Crippen LogP contribution in [0.15, 0.2) is 0 Å². The van der Waals surface area contributed by atoms with Gasteiger partial charge in [0, 0.05) is 33.7 Å². The fourth-order valence-electron chi connectivity index (χ4n) is 1.25. The van der Waals surface area contributed by atoms with Gasteiger partial charge in [0.2, 0.25) is 5.91 Å². The van der Waals surface area contributed by atoms with E-state index >= 15 is 0 Å². The number of methoxy groups -OCH3 is 2. The van der Waals surface area contributed by atoms with Crippen molar-refractivity contribution in [2.75, 3.05) is 47.1 Å². The number of primary amides is 1. The highest BCUT2D eigenvalue weighted by Gasteiger charge is 2.04. The van der Waals surface area contributed by atoms with E-state index in [4.69, 9.17) is 15.2 Å². The summed E-state index contributed by atoms with van der Waals surface area (Å²) in [5.74, 6) is -0.242. The number of nitrogens with two attached hydrogens (primary N) is 1. The van der Waals surface area contributed by atoms with Gasteiger partial charge in [0.05, 0.1) is 13.2 Å². The van der Waals surface area contributed by atoms with Crippen LogP contribution in [-0.2, 0) is 14.3 Å². The van der Waals surface area contributed by atoms with Crippen LogP contribution in [0.5, 0.6) is 0 Å². The minimum atomic E-state index is -0.242. The summed E-state index contributed by atoms with van der Waals surface area (Å²) in [5, 5.41) is 0. The molecule has 0 aromatic carbocycles. The number of rotatable bonds is 10. The number of carbonyl (C=O) groups excluding carboxylic acids is 1. The van der Waals surface area contributed by atoms with Crippen molar-refractivity contribution >= 4 is 5.91 Å². The monoisotopic (exact) mass is 218 g/mol. The number of carbonyl (C=O) groups is 1. The molecule has 0 aromatic heterocycles. The van der Waals surface area contributed by atoms with E-state index in [1.54, 1.807) is 14.2 Å². The van der Waals surface area contributed by atoms with Crippen molar-refractivity contribution < 1.29 is 14.3 Å². The Morgan fingerprint density at radius 3 is 2.07 bits per heavy atom. The highest BCUT2D eigenvalue weighted by molar-refractivity contribution is 5.73. The van der Waals surface area contributed by atoms with E-state index in [1.807, 2.05) is 0 Å². The van der Waals surface area contributed by atoms with Crippen LogP contribution in [0.4, 0.5) is 0 Å². The molecule has 0 atom stereocenters. The zero-order valence-electron chi connectivity index (χ0n) is 9.70. The lowest BCUT2D eigenvalue weighted by Gasteiger charge is -2.21. The maximum atomic E-state index is 10.6. The molecular formula is C10H22N2O3. The first-order valence-electron chi connectivity index (χ1n) is 5.19. The number of ether oxygens (including phenoxy) is 2. The van der Waals surface area contributed by atoms with Crippen molar-refractivity contribution in [1.82, 2.24) is 4.90 Å². The van der Waals surface area contributed by atoms with Crippen LogP contribution in [0.25, 0.3) is 0 Å². The van der Waals surface area contributed by atoms with Crippen LogP contribution in [0.3, 0.4) is 0 Å². The van der Waals surface area contributed by atoms with Crippen LogP contribution >= 0.6 is 0 Å². The Morgan fingerprint density at radius 2 is 1.67 bits per heavy atom. The zero-order chi connectivity index (χ0) is 11.5. The molecule has 0 aliphatic rings. The third-order valence-corrected chi connectivity index (χ3v) is 2.12. The second-order valence-corrected chi connectivity index (χ2v) is 3.40. The predicted molar refractivity (Wildman–Crippen MR) is 58.6 cm³/mol. The molecule has 5 heteroatoms. The number of amides is 1. The molecule has 0 aliphatic carbocycles. The summed E-state index contributed by atoms with van der Waals surface area (Å²) in [6.07, 6.45) is 1.24. The molecular weight excluding hydrogens is 196 g/mol. The van der Waals surface area contributed by atoms with Crippen molar-refractivity contribution in [2.24, 2.45) is 5.73 Å². The fourth-order valence-corrected chi connectivity index (χ4v) is 1.25. The lowest BCUT2D eigenvalue weighted by Crippen LogP contribution is -2.32. The van der Waals surface area contributed by atoms with Crippen molar-refractivity contribution in [3.05, 3.63) is 0 Å². The molecule has 0 aliphatic heterocycles. The average Bonchev–Trinajstić information content (AvgIpc) is 2.20. The second kappa shape index (κ2) is 9.89. The molecule has 15 heavy (non-hydrogen) atoms. The summed E-state index contributed by atoms with van der Waals surface area (Å²) < 4.78 is 10.0. The largest absolute Gasteiger partial charge is 0.383 e. The van der Waals surface area contributed by atoms with E-state index in [0.717, 1.165) is 26.1 Å². The third kappa shape index (κ3) is 9.65. The molecule has 0 aromatic rings. The molecule has 0 rings (SSSR count). The van der Waals surface area contributed by atoms with Gasteiger partial charge in [-0.2, -0.15) is 0 Å². The number of hydrogen-bond donors (Lipinski definition) is 1. The molecule has 2 N–H and O–H groups in total. The molecule has 0 radical (unpaired) electrons. The van der Waals surface area contributed by atoms with Gasteiger partial charge in [0.1, 0.15) is 0 Å². The normalized spacial score (nSPS) is 10.9. The van der Waals surface area contributed by atoms with Gasteiger partial charge < -0.3 is 15.2 Å². The van der Waals surface area contributed by atoms with Gasteiger partial charge in [0.15, 0.2) is 0 Å². The van der Waals surface area contributed by atoms with Crippen molar-refractivity contribution in [3.63, 3.8) is 0 Å². The quantitative estimate of drug-likeness (QED) is 0.553. The first-order chi connectivity index (χ1) is 7.20. The maximum Gasteiger partial charge on any atom is 0.217 e. The highest BCUT2D eigenvalue weighted by atomic mass is 16.5. The Morgan fingerprint density at radius 1 is 1.13 bits per heavy atom. The van der Waals surface area contributed by atoms with Gasteiger partial charge in [-0.15, -0.1) is 0 Å². The minimum absolute atomic E-state index is 0.242. The van der Waals surface area contributed by atoms with Gasteiger partial charge in [-0.25, -0.2) is 0 Å². The van der Waals surface area contributed by atoms with E-state index in [1.165, 1.54) is 0 Å². The average molecular weight is 218 g/mol. The van der Waals surface area contributed by atoms with Crippen LogP contribution in [0.1, 0.15) is 12.8 Å². The molecule has 0 unspecified atom stereocenters. The van der Waals surface area contributed by atoms with Crippen molar-refractivity contribution in [1.29, 1.82) is 0 Å². The van der Waals surface area contributed by atoms with Crippen LogP contribution in [0, 0.1) is 0 Å². The molecule has 0 saturated carbocycles. The van der Waals surface area contributed by atoms with E-state index in [2.05, 4.69) is 4.90 Å². The zero-order valence-corrected chi connectivity index (χ0v) is 9.70. The molecule has 0 spiro atoms. The van der Waals surface area contributed by atoms with E-state index in [9.17, 15) is 4.79 Å². The van der Waals surface area contributed by atoms with Crippen molar-refractivity contribution in [2.45, 2.75) is 12.8 Å². The molecule has 5 nitrogen and oxygen atoms in total. The SMILES string of the molecule is COCCN(CCCC(N)=O)CCOC. The van der Waals surface area contributed by atoms with Gasteiger partial charge in [0.25, 0.3) is 0 Å². The van der Waals surface area contributed by atoms with Crippen LogP contribution in [0.2, 0.25) is 0 Å². The fraction of sp³-hybridized carbons (Fsp3) is 0.900. The van der Waals surface area contributed by atoms with E-state index < -0.39 is 0 Å². The van der Waals surface area contributed by atoms with Crippen LogP contribution < -0.4 is 5.73 Å². The van der Waals surface area contributed by atoms with Gasteiger partial charge in [-0.1, -0.05) is 0 Å². The van der Waals surface area contributed by atoms with Crippen molar-refractivity contribution in [3.8, 4) is 0 Å². The Labute approximate surface area is 91.5 Å². The summed E-state index contributed by atoms with van der Waals surface area (Å²) in [4.78, 5) is 12.8. The van der Waals surface area contributed by atoms with Crippen LogP contribution in [-0.4, -0.2) is 57.9 Å². The summed E-state index contributed by atoms with van der Waals surface area (Å²) in [7, 11) is 3.36.